The standard InChI is InChI=1S/C21H22N4OS2/c1-15(22-23-21(27-3)28-14-17-10-6-4-7-11-17)19-16(2)24-25(20(19)26)18-12-8-5-9-13-18/h4-13,24H,14H2,1-3H3/b22-15-,23-21-. The summed E-state index contributed by atoms with van der Waals surface area (Å²) < 4.78 is 2.40. The van der Waals surface area contributed by atoms with Crippen molar-refractivity contribution >= 4 is 33.6 Å². The van der Waals surface area contributed by atoms with Crippen LogP contribution in [0.5, 0.6) is 0 Å². The lowest BCUT2D eigenvalue weighted by Gasteiger charge is -2.02. The number of rotatable bonds is 5. The summed E-state index contributed by atoms with van der Waals surface area (Å²) in [6.07, 6.45) is 1.98. The van der Waals surface area contributed by atoms with Gasteiger partial charge in [0.05, 0.1) is 17.0 Å². The molecule has 0 aliphatic carbocycles. The average Bonchev–Trinajstić information content (AvgIpc) is 3.03. The fourth-order valence-corrected chi connectivity index (χ4v) is 4.10. The highest BCUT2D eigenvalue weighted by atomic mass is 32.2. The normalized spacial score (nSPS) is 12.4. The molecular weight excluding hydrogens is 388 g/mol. The zero-order valence-electron chi connectivity index (χ0n) is 16.0. The van der Waals surface area contributed by atoms with Crippen LogP contribution >= 0.6 is 23.5 Å². The van der Waals surface area contributed by atoms with Gasteiger partial charge in [-0.1, -0.05) is 60.3 Å². The summed E-state index contributed by atoms with van der Waals surface area (Å²) in [4.78, 5) is 12.8. The first-order chi connectivity index (χ1) is 13.6. The van der Waals surface area contributed by atoms with Crippen molar-refractivity contribution in [2.75, 3.05) is 6.26 Å². The number of aromatic nitrogens is 2. The third-order valence-corrected chi connectivity index (χ3v) is 6.20. The summed E-state index contributed by atoms with van der Waals surface area (Å²) >= 11 is 3.19. The Bertz CT molecular complexity index is 1040. The number of nitrogens with one attached hydrogen (secondary N) is 1. The summed E-state index contributed by atoms with van der Waals surface area (Å²) in [6, 6.07) is 19.7. The van der Waals surface area contributed by atoms with E-state index >= 15 is 0 Å². The predicted molar refractivity (Wildman–Crippen MR) is 122 cm³/mol. The first kappa shape index (κ1) is 20.2. The second-order valence-corrected chi connectivity index (χ2v) is 8.14. The molecule has 0 aliphatic rings. The predicted octanol–water partition coefficient (Wildman–Crippen LogP) is 4.85. The maximum Gasteiger partial charge on any atom is 0.280 e. The minimum absolute atomic E-state index is 0.122. The number of aromatic amines is 1. The van der Waals surface area contributed by atoms with E-state index in [0.29, 0.717) is 11.3 Å². The topological polar surface area (TPSA) is 62.5 Å². The van der Waals surface area contributed by atoms with Crippen molar-refractivity contribution < 1.29 is 0 Å². The molecule has 28 heavy (non-hydrogen) atoms. The van der Waals surface area contributed by atoms with Crippen LogP contribution in [0.15, 0.2) is 75.7 Å². The first-order valence-corrected chi connectivity index (χ1v) is 11.0. The van der Waals surface area contributed by atoms with E-state index in [9.17, 15) is 4.79 Å². The Balaban J connectivity index is 1.81. The molecule has 0 saturated carbocycles. The van der Waals surface area contributed by atoms with Gasteiger partial charge in [0, 0.05) is 11.4 Å². The monoisotopic (exact) mass is 410 g/mol. The Labute approximate surface area is 173 Å². The molecule has 1 heterocycles. The van der Waals surface area contributed by atoms with Gasteiger partial charge in [0.1, 0.15) is 0 Å². The summed E-state index contributed by atoms with van der Waals surface area (Å²) in [5.74, 6) is 0.832. The van der Waals surface area contributed by atoms with Gasteiger partial charge in [0.15, 0.2) is 4.38 Å². The number of benzene rings is 2. The second kappa shape index (κ2) is 9.61. The van der Waals surface area contributed by atoms with Crippen LogP contribution in [-0.2, 0) is 5.75 Å². The van der Waals surface area contributed by atoms with Gasteiger partial charge in [-0.2, -0.15) is 5.10 Å². The maximum absolute atomic E-state index is 12.8. The third-order valence-electron chi connectivity index (χ3n) is 4.11. The zero-order chi connectivity index (χ0) is 19.9. The van der Waals surface area contributed by atoms with Crippen molar-refractivity contribution in [2.24, 2.45) is 10.2 Å². The Kier molecular flexibility index (Phi) is 6.95. The largest absolute Gasteiger partial charge is 0.295 e. The summed E-state index contributed by atoms with van der Waals surface area (Å²) in [6.45, 7) is 3.69. The molecule has 0 amide bonds. The molecule has 0 unspecified atom stereocenters. The Hall–Kier alpha value is -2.51. The smallest absolute Gasteiger partial charge is 0.280 e. The van der Waals surface area contributed by atoms with E-state index in [1.807, 2.05) is 68.6 Å². The van der Waals surface area contributed by atoms with Crippen LogP contribution in [0.4, 0.5) is 0 Å². The SMILES string of the molecule is CS/C(=N/N=C(/C)c1c(C)[nH]n(-c2ccccc2)c1=O)SCc1ccccc1. The molecular formula is C21H22N4OS2. The van der Waals surface area contributed by atoms with Crippen LogP contribution in [0, 0.1) is 6.92 Å². The van der Waals surface area contributed by atoms with Gasteiger partial charge in [0.25, 0.3) is 5.56 Å². The summed E-state index contributed by atoms with van der Waals surface area (Å²) in [7, 11) is 0. The number of hydrogen-bond acceptors (Lipinski definition) is 5. The molecule has 0 fully saturated rings. The first-order valence-electron chi connectivity index (χ1n) is 8.80. The molecule has 0 radical (unpaired) electrons. The summed E-state index contributed by atoms with van der Waals surface area (Å²) in [5, 5.41) is 11.8. The fourth-order valence-electron chi connectivity index (χ4n) is 2.75. The maximum atomic E-state index is 12.8. The van der Waals surface area contributed by atoms with E-state index in [-0.39, 0.29) is 5.56 Å². The van der Waals surface area contributed by atoms with Crippen LogP contribution in [0.1, 0.15) is 23.7 Å². The quantitative estimate of drug-likeness (QED) is 0.371. The van der Waals surface area contributed by atoms with Crippen LogP contribution < -0.4 is 5.56 Å². The van der Waals surface area contributed by atoms with Crippen LogP contribution in [0.3, 0.4) is 0 Å². The van der Waals surface area contributed by atoms with Crippen molar-refractivity contribution in [1.29, 1.82) is 0 Å². The van der Waals surface area contributed by atoms with E-state index in [4.69, 9.17) is 0 Å². The molecule has 0 bridgehead atoms. The van der Waals surface area contributed by atoms with E-state index in [2.05, 4.69) is 27.4 Å². The second-order valence-electron chi connectivity index (χ2n) is 6.12. The highest BCUT2D eigenvalue weighted by molar-refractivity contribution is 8.38. The molecule has 3 aromatic rings. The minimum Gasteiger partial charge on any atom is -0.295 e. The van der Waals surface area contributed by atoms with Gasteiger partial charge < -0.3 is 0 Å². The van der Waals surface area contributed by atoms with E-state index in [0.717, 1.165) is 21.5 Å². The molecule has 0 atom stereocenters. The van der Waals surface area contributed by atoms with E-state index in [1.54, 1.807) is 23.5 Å². The number of para-hydroxylation sites is 1. The number of nitrogens with zero attached hydrogens (tertiary/aromatic N) is 3. The molecule has 7 heteroatoms. The number of aryl methyl sites for hydroxylation is 1. The molecule has 2 aromatic carbocycles. The average molecular weight is 411 g/mol. The van der Waals surface area contributed by atoms with Crippen molar-refractivity contribution in [3.8, 4) is 5.69 Å². The lowest BCUT2D eigenvalue weighted by atomic mass is 10.2. The number of thioether (sulfide) groups is 2. The molecule has 144 valence electrons. The van der Waals surface area contributed by atoms with Crippen molar-refractivity contribution in [3.05, 3.63) is 87.8 Å². The van der Waals surface area contributed by atoms with Crippen LogP contribution in [0.2, 0.25) is 0 Å². The van der Waals surface area contributed by atoms with Gasteiger partial charge in [-0.3, -0.25) is 9.89 Å². The van der Waals surface area contributed by atoms with Crippen molar-refractivity contribution in [1.82, 2.24) is 9.78 Å². The molecule has 0 aliphatic heterocycles. The molecule has 0 spiro atoms. The van der Waals surface area contributed by atoms with E-state index in [1.165, 1.54) is 10.2 Å². The minimum atomic E-state index is -0.122. The lowest BCUT2D eigenvalue weighted by molar-refractivity contribution is 0.835. The van der Waals surface area contributed by atoms with Crippen molar-refractivity contribution in [2.45, 2.75) is 19.6 Å². The number of hydrogen-bond donors (Lipinski definition) is 1. The Morgan fingerprint density at radius 2 is 1.68 bits per heavy atom. The molecule has 0 saturated heterocycles. The fraction of sp³-hybridized carbons (Fsp3) is 0.190. The molecule has 5 nitrogen and oxygen atoms in total. The van der Waals surface area contributed by atoms with Crippen molar-refractivity contribution in [3.63, 3.8) is 0 Å². The van der Waals surface area contributed by atoms with Gasteiger partial charge in [-0.25, -0.2) is 4.68 Å². The highest BCUT2D eigenvalue weighted by Gasteiger charge is 2.15. The number of H-pyrrole nitrogens is 1. The van der Waals surface area contributed by atoms with Gasteiger partial charge in [-0.15, -0.1) is 16.9 Å². The Morgan fingerprint density at radius 3 is 2.32 bits per heavy atom. The summed E-state index contributed by atoms with van der Waals surface area (Å²) in [5.41, 5.74) is 3.83. The van der Waals surface area contributed by atoms with Gasteiger partial charge in [0.2, 0.25) is 0 Å². The molecule has 1 N–H and O–H groups in total. The zero-order valence-corrected chi connectivity index (χ0v) is 17.7. The Morgan fingerprint density at radius 1 is 1.04 bits per heavy atom. The third kappa shape index (κ3) is 4.85. The van der Waals surface area contributed by atoms with Crippen LogP contribution in [0.25, 0.3) is 5.69 Å². The van der Waals surface area contributed by atoms with Gasteiger partial charge in [-0.05, 0) is 37.8 Å². The van der Waals surface area contributed by atoms with Gasteiger partial charge >= 0.3 is 0 Å². The highest BCUT2D eigenvalue weighted by Crippen LogP contribution is 2.20. The molecule has 3 rings (SSSR count). The lowest BCUT2D eigenvalue weighted by Crippen LogP contribution is -2.19. The van der Waals surface area contributed by atoms with Crippen LogP contribution in [-0.4, -0.2) is 26.1 Å². The molecule has 1 aromatic heterocycles. The van der Waals surface area contributed by atoms with E-state index < -0.39 is 0 Å².